The van der Waals surface area contributed by atoms with E-state index >= 15 is 0 Å². The van der Waals surface area contributed by atoms with Crippen LogP contribution in [-0.4, -0.2) is 22.8 Å². The summed E-state index contributed by atoms with van der Waals surface area (Å²) in [6.07, 6.45) is 3.18. The molecule has 0 saturated carbocycles. The fraction of sp³-hybridized carbons (Fsp3) is 0.105. The van der Waals surface area contributed by atoms with Gasteiger partial charge in [-0.15, -0.1) is 0 Å². The van der Waals surface area contributed by atoms with Gasteiger partial charge in [0.25, 0.3) is 5.89 Å². The quantitative estimate of drug-likeness (QED) is 0.726. The fourth-order valence-electron chi connectivity index (χ4n) is 2.48. The van der Waals surface area contributed by atoms with Crippen molar-refractivity contribution in [2.24, 2.45) is 0 Å². The number of nitrogens with one attached hydrogen (secondary N) is 1. The molecule has 2 heterocycles. The average molecular weight is 349 g/mol. The number of rotatable bonds is 4. The van der Waals surface area contributed by atoms with E-state index in [1.807, 2.05) is 30.3 Å². The maximum absolute atomic E-state index is 12.1. The summed E-state index contributed by atoms with van der Waals surface area (Å²) in [5, 5.41) is 6.56. The Bertz CT molecular complexity index is 977. The zero-order chi connectivity index (χ0) is 17.9. The molecular formula is C19H15N3O4. The summed E-state index contributed by atoms with van der Waals surface area (Å²) in [5.74, 6) is 2.18. The van der Waals surface area contributed by atoms with Gasteiger partial charge in [0.15, 0.2) is 17.3 Å². The van der Waals surface area contributed by atoms with Gasteiger partial charge in [0.2, 0.25) is 12.7 Å². The molecule has 0 spiro atoms. The normalized spacial score (nSPS) is 12.5. The first-order chi connectivity index (χ1) is 12.7. The summed E-state index contributed by atoms with van der Waals surface area (Å²) >= 11 is 0. The van der Waals surface area contributed by atoms with Crippen molar-refractivity contribution in [1.82, 2.24) is 10.1 Å². The number of nitrogens with zero attached hydrogens (tertiary/aromatic N) is 2. The lowest BCUT2D eigenvalue weighted by atomic mass is 10.2. The Morgan fingerprint density at radius 2 is 1.92 bits per heavy atom. The molecule has 1 amide bonds. The number of carbonyl (C=O) groups is 1. The summed E-state index contributed by atoms with van der Waals surface area (Å²) in [5.41, 5.74) is 2.32. The molecule has 0 unspecified atom stereocenters. The van der Waals surface area contributed by atoms with E-state index in [1.54, 1.807) is 25.1 Å². The highest BCUT2D eigenvalue weighted by Crippen LogP contribution is 2.32. The monoisotopic (exact) mass is 349 g/mol. The van der Waals surface area contributed by atoms with Gasteiger partial charge in [-0.05, 0) is 55.0 Å². The van der Waals surface area contributed by atoms with Crippen LogP contribution in [0.25, 0.3) is 17.5 Å². The summed E-state index contributed by atoms with van der Waals surface area (Å²) < 4.78 is 15.7. The number of hydrogen-bond acceptors (Lipinski definition) is 6. The van der Waals surface area contributed by atoms with Crippen LogP contribution in [-0.2, 0) is 4.79 Å². The summed E-state index contributed by atoms with van der Waals surface area (Å²) in [6, 6.07) is 12.7. The number of aromatic nitrogens is 2. The predicted octanol–water partition coefficient (Wildman–Crippen LogP) is 3.43. The minimum atomic E-state index is -0.232. The number of anilines is 1. The van der Waals surface area contributed by atoms with Gasteiger partial charge in [0.05, 0.1) is 0 Å². The van der Waals surface area contributed by atoms with Crippen LogP contribution >= 0.6 is 0 Å². The molecule has 0 radical (unpaired) electrons. The van der Waals surface area contributed by atoms with E-state index in [2.05, 4.69) is 15.5 Å². The first-order valence-electron chi connectivity index (χ1n) is 7.97. The van der Waals surface area contributed by atoms with Gasteiger partial charge in [-0.1, -0.05) is 11.2 Å². The predicted molar refractivity (Wildman–Crippen MR) is 94.7 cm³/mol. The highest BCUT2D eigenvalue weighted by atomic mass is 16.7. The highest BCUT2D eigenvalue weighted by molar-refractivity contribution is 6.02. The second-order valence-electron chi connectivity index (χ2n) is 5.66. The molecule has 0 fully saturated rings. The van der Waals surface area contributed by atoms with Gasteiger partial charge in [-0.2, -0.15) is 4.98 Å². The molecule has 0 saturated heterocycles. The van der Waals surface area contributed by atoms with Crippen LogP contribution in [0.5, 0.6) is 11.5 Å². The zero-order valence-electron chi connectivity index (χ0n) is 13.9. The van der Waals surface area contributed by atoms with Crippen molar-refractivity contribution in [2.75, 3.05) is 12.1 Å². The third kappa shape index (κ3) is 3.41. The Morgan fingerprint density at radius 3 is 2.69 bits per heavy atom. The third-order valence-electron chi connectivity index (χ3n) is 3.75. The van der Waals surface area contributed by atoms with Gasteiger partial charge >= 0.3 is 0 Å². The maximum Gasteiger partial charge on any atom is 0.257 e. The Hall–Kier alpha value is -3.61. The minimum Gasteiger partial charge on any atom is -0.454 e. The fourth-order valence-corrected chi connectivity index (χ4v) is 2.48. The lowest BCUT2D eigenvalue weighted by molar-refractivity contribution is -0.111. The van der Waals surface area contributed by atoms with E-state index in [0.717, 1.165) is 11.1 Å². The number of aryl methyl sites for hydroxylation is 1. The largest absolute Gasteiger partial charge is 0.454 e. The highest BCUT2D eigenvalue weighted by Gasteiger charge is 2.12. The first-order valence-corrected chi connectivity index (χ1v) is 7.97. The molecule has 7 nitrogen and oxygen atoms in total. The van der Waals surface area contributed by atoms with Gasteiger partial charge in [0, 0.05) is 17.3 Å². The second kappa shape index (κ2) is 6.72. The molecule has 3 aromatic rings. The van der Waals surface area contributed by atoms with E-state index in [1.165, 1.54) is 6.08 Å². The number of ether oxygens (including phenoxy) is 2. The Labute approximate surface area is 149 Å². The molecule has 130 valence electrons. The van der Waals surface area contributed by atoms with Gasteiger partial charge < -0.3 is 19.3 Å². The van der Waals surface area contributed by atoms with Gasteiger partial charge in [0.1, 0.15) is 0 Å². The molecule has 1 aliphatic heterocycles. The molecule has 1 N–H and O–H groups in total. The van der Waals surface area contributed by atoms with Crippen LogP contribution in [0.1, 0.15) is 11.4 Å². The number of amides is 1. The van der Waals surface area contributed by atoms with E-state index in [9.17, 15) is 4.79 Å². The number of carbonyl (C=O) groups excluding carboxylic acids is 1. The Balaban J connectivity index is 1.40. The summed E-state index contributed by atoms with van der Waals surface area (Å²) in [4.78, 5) is 16.2. The standard InChI is InChI=1S/C19H15N3O4/c1-12-20-19(26-22-12)14-4-6-15(7-5-14)21-18(23)9-3-13-2-8-16-17(10-13)25-11-24-16/h2-10H,11H2,1H3,(H,21,23)/b9-3+. The maximum atomic E-state index is 12.1. The topological polar surface area (TPSA) is 86.5 Å². The van der Waals surface area contributed by atoms with Crippen molar-refractivity contribution in [2.45, 2.75) is 6.92 Å². The van der Waals surface area contributed by atoms with Crippen molar-refractivity contribution in [3.8, 4) is 23.0 Å². The Kier molecular flexibility index (Phi) is 4.10. The smallest absolute Gasteiger partial charge is 0.257 e. The van der Waals surface area contributed by atoms with Gasteiger partial charge in [-0.25, -0.2) is 0 Å². The number of fused-ring (bicyclic) bond motifs is 1. The van der Waals surface area contributed by atoms with Crippen molar-refractivity contribution in [1.29, 1.82) is 0 Å². The molecule has 7 heteroatoms. The molecular weight excluding hydrogens is 334 g/mol. The molecule has 4 rings (SSSR count). The molecule has 0 bridgehead atoms. The van der Waals surface area contributed by atoms with E-state index in [-0.39, 0.29) is 12.7 Å². The van der Waals surface area contributed by atoms with Crippen molar-refractivity contribution in [3.05, 3.63) is 59.9 Å². The van der Waals surface area contributed by atoms with E-state index < -0.39 is 0 Å². The molecule has 1 aliphatic rings. The molecule has 26 heavy (non-hydrogen) atoms. The summed E-state index contributed by atoms with van der Waals surface area (Å²) in [7, 11) is 0. The van der Waals surface area contributed by atoms with Crippen LogP contribution in [0, 0.1) is 6.92 Å². The number of hydrogen-bond donors (Lipinski definition) is 1. The number of benzene rings is 2. The van der Waals surface area contributed by atoms with Gasteiger partial charge in [-0.3, -0.25) is 4.79 Å². The second-order valence-corrected chi connectivity index (χ2v) is 5.66. The Morgan fingerprint density at radius 1 is 1.12 bits per heavy atom. The molecule has 1 aromatic heterocycles. The van der Waals surface area contributed by atoms with Crippen molar-refractivity contribution < 1.29 is 18.8 Å². The van der Waals surface area contributed by atoms with Crippen LogP contribution < -0.4 is 14.8 Å². The van der Waals surface area contributed by atoms with E-state index in [0.29, 0.717) is 28.9 Å². The lowest BCUT2D eigenvalue weighted by Crippen LogP contribution is -2.07. The zero-order valence-corrected chi connectivity index (χ0v) is 13.9. The van der Waals surface area contributed by atoms with Crippen LogP contribution in [0.15, 0.2) is 53.1 Å². The molecule has 0 atom stereocenters. The van der Waals surface area contributed by atoms with E-state index in [4.69, 9.17) is 14.0 Å². The van der Waals surface area contributed by atoms with Crippen LogP contribution in [0.4, 0.5) is 5.69 Å². The van der Waals surface area contributed by atoms with Crippen molar-refractivity contribution in [3.63, 3.8) is 0 Å². The first kappa shape index (κ1) is 15.9. The molecule has 0 aliphatic carbocycles. The van der Waals surface area contributed by atoms with Crippen LogP contribution in [0.3, 0.4) is 0 Å². The van der Waals surface area contributed by atoms with Crippen LogP contribution in [0.2, 0.25) is 0 Å². The average Bonchev–Trinajstić information content (AvgIpc) is 3.29. The third-order valence-corrected chi connectivity index (χ3v) is 3.75. The lowest BCUT2D eigenvalue weighted by Gasteiger charge is -2.03. The SMILES string of the molecule is Cc1noc(-c2ccc(NC(=O)/C=C/c3ccc4c(c3)OCO4)cc2)n1. The minimum absolute atomic E-state index is 0.224. The molecule has 2 aromatic carbocycles. The van der Waals surface area contributed by atoms with Crippen molar-refractivity contribution >= 4 is 17.7 Å². The summed E-state index contributed by atoms with van der Waals surface area (Å²) in [6.45, 7) is 1.98.